The van der Waals surface area contributed by atoms with Crippen LogP contribution in [0.15, 0.2) is 78.9 Å². The van der Waals surface area contributed by atoms with Crippen molar-refractivity contribution in [1.29, 1.82) is 0 Å². The Morgan fingerprint density at radius 1 is 0.809 bits per heavy atom. The van der Waals surface area contributed by atoms with Gasteiger partial charge in [-0.25, -0.2) is 4.79 Å². The third kappa shape index (κ3) is 6.67. The van der Waals surface area contributed by atoms with Gasteiger partial charge in [0.15, 0.2) is 0 Å². The van der Waals surface area contributed by atoms with Gasteiger partial charge in [0.25, 0.3) is 0 Å². The van der Waals surface area contributed by atoms with Gasteiger partial charge in [-0.2, -0.15) is 0 Å². The van der Waals surface area contributed by atoms with Crippen LogP contribution < -0.4 is 5.32 Å². The number of carbonyl (C=O) groups is 2. The molecule has 0 heterocycles. The smallest absolute Gasteiger partial charge is 0.407 e. The Kier molecular flexibility index (Phi) is 9.31. The zero-order valence-electron chi connectivity index (χ0n) is 27.4. The highest BCUT2D eigenvalue weighted by Gasteiger charge is 2.52. The number of amides is 1. The van der Waals surface area contributed by atoms with Crippen LogP contribution in [0.3, 0.4) is 0 Å². The molecule has 7 nitrogen and oxygen atoms in total. The van der Waals surface area contributed by atoms with Crippen LogP contribution in [-0.4, -0.2) is 43.3 Å². The Balaban J connectivity index is 1.15. The molecule has 248 valence electrons. The molecule has 8 rings (SSSR count). The van der Waals surface area contributed by atoms with E-state index < -0.39 is 31.1 Å². The first-order chi connectivity index (χ1) is 22.8. The third-order valence-electron chi connectivity index (χ3n) is 11.0. The molecule has 3 aromatic carbocycles. The van der Waals surface area contributed by atoms with Gasteiger partial charge in [0.2, 0.25) is 7.37 Å². The highest BCUT2D eigenvalue weighted by atomic mass is 31.2. The maximum absolute atomic E-state index is 15.5. The topological polar surface area (TPSA) is 90.9 Å². The van der Waals surface area contributed by atoms with Gasteiger partial charge in [0.05, 0.1) is 18.6 Å². The van der Waals surface area contributed by atoms with E-state index in [0.717, 1.165) is 65.3 Å². The van der Waals surface area contributed by atoms with Crippen molar-refractivity contribution in [3.8, 4) is 11.1 Å². The minimum Gasteiger partial charge on any atom is -0.466 e. The van der Waals surface area contributed by atoms with E-state index in [1.807, 2.05) is 54.6 Å². The van der Waals surface area contributed by atoms with Crippen LogP contribution in [-0.2, 0) is 29.8 Å². The summed E-state index contributed by atoms with van der Waals surface area (Å²) in [5.74, 6) is 0.175. The molecule has 1 N–H and O–H groups in total. The van der Waals surface area contributed by atoms with Gasteiger partial charge in [-0.05, 0) is 90.5 Å². The number of esters is 1. The molecule has 5 aliphatic rings. The number of benzene rings is 3. The van der Waals surface area contributed by atoms with Crippen LogP contribution in [0.5, 0.6) is 0 Å². The standard InChI is InChI=1S/C39H46NO6P/c1-3-44-38(41)25(2)24-47(43,46-37-29-18-27-17-28(20-29)21-30(37)19-27)36(22-26-11-5-4-6-12-26)40-39(42)45-23-35-33-15-9-7-13-31(33)32-14-8-10-16-34(32)35/h4-16,25,27-30,35-37H,3,17-24H2,1-2H3,(H,40,42)/t25-,27?,28?,29?,30?,36+,37?,47?/m1/s1. The van der Waals surface area contributed by atoms with E-state index in [1.54, 1.807) is 13.8 Å². The van der Waals surface area contributed by atoms with Crippen LogP contribution in [0.2, 0.25) is 0 Å². The molecule has 1 unspecified atom stereocenters. The SMILES string of the molecule is CCOC(=O)[C@H](C)CP(=O)(OC1C2CC3CC(C2)CC1C3)[C@@H](Cc1ccccc1)NC(=O)OCC1c2ccccc2-c2ccccc21. The zero-order valence-corrected chi connectivity index (χ0v) is 28.3. The van der Waals surface area contributed by atoms with Crippen LogP contribution in [0.25, 0.3) is 11.1 Å². The molecule has 47 heavy (non-hydrogen) atoms. The summed E-state index contributed by atoms with van der Waals surface area (Å²) in [6, 6.07) is 26.2. The number of hydrogen-bond acceptors (Lipinski definition) is 6. The summed E-state index contributed by atoms with van der Waals surface area (Å²) in [4.78, 5) is 26.6. The second-order valence-electron chi connectivity index (χ2n) is 14.2. The van der Waals surface area contributed by atoms with Crippen molar-refractivity contribution in [1.82, 2.24) is 5.32 Å². The Bertz CT molecular complexity index is 1570. The van der Waals surface area contributed by atoms with Gasteiger partial charge in [-0.3, -0.25) is 9.36 Å². The highest BCUT2D eigenvalue weighted by molar-refractivity contribution is 7.59. The minimum absolute atomic E-state index is 0.00418. The van der Waals surface area contributed by atoms with Gasteiger partial charge in [0, 0.05) is 18.5 Å². The second kappa shape index (κ2) is 13.6. The summed E-state index contributed by atoms with van der Waals surface area (Å²) in [6.07, 6.45) is 5.25. The van der Waals surface area contributed by atoms with Crippen LogP contribution in [0.4, 0.5) is 4.79 Å². The predicted octanol–water partition coefficient (Wildman–Crippen LogP) is 8.41. The molecule has 0 spiro atoms. The molecule has 8 heteroatoms. The molecule has 4 saturated carbocycles. The Labute approximate surface area is 278 Å². The number of carbonyl (C=O) groups excluding carboxylic acids is 2. The fraction of sp³-hybridized carbons (Fsp3) is 0.487. The predicted molar refractivity (Wildman–Crippen MR) is 182 cm³/mol. The maximum Gasteiger partial charge on any atom is 0.407 e. The van der Waals surface area contributed by atoms with Gasteiger partial charge >= 0.3 is 12.1 Å². The number of nitrogens with one attached hydrogen (secondary N) is 1. The molecule has 5 aliphatic carbocycles. The minimum atomic E-state index is -3.68. The number of hydrogen-bond donors (Lipinski definition) is 1. The normalized spacial score (nSPS) is 26.5. The molecule has 4 fully saturated rings. The molecule has 3 aromatic rings. The van der Waals surface area contributed by atoms with Gasteiger partial charge < -0.3 is 19.3 Å². The molecule has 0 aliphatic heterocycles. The zero-order chi connectivity index (χ0) is 32.5. The number of ether oxygens (including phenoxy) is 2. The molecular formula is C39H46NO6P. The monoisotopic (exact) mass is 655 g/mol. The first-order valence-corrected chi connectivity index (χ1v) is 19.3. The van der Waals surface area contributed by atoms with E-state index in [4.69, 9.17) is 14.0 Å². The fourth-order valence-corrected chi connectivity index (χ4v) is 12.1. The number of fused-ring (bicyclic) bond motifs is 3. The maximum atomic E-state index is 15.5. The van der Waals surface area contributed by atoms with Crippen LogP contribution in [0.1, 0.15) is 68.6 Å². The van der Waals surface area contributed by atoms with Crippen molar-refractivity contribution in [2.45, 2.75) is 70.2 Å². The van der Waals surface area contributed by atoms with Crippen molar-refractivity contribution < 1.29 is 28.2 Å². The van der Waals surface area contributed by atoms with Crippen molar-refractivity contribution in [3.05, 3.63) is 95.6 Å². The van der Waals surface area contributed by atoms with E-state index in [0.29, 0.717) is 18.3 Å². The van der Waals surface area contributed by atoms with Crippen molar-refractivity contribution in [2.75, 3.05) is 19.4 Å². The van der Waals surface area contributed by atoms with Gasteiger partial charge in [-0.15, -0.1) is 0 Å². The average Bonchev–Trinajstić information content (AvgIpc) is 3.39. The first-order valence-electron chi connectivity index (χ1n) is 17.4. The first kappa shape index (κ1) is 32.2. The lowest BCUT2D eigenvalue weighted by molar-refractivity contribution is -0.146. The number of alkyl carbamates (subject to hydrolysis) is 1. The highest BCUT2D eigenvalue weighted by Crippen LogP contribution is 2.62. The van der Waals surface area contributed by atoms with Gasteiger partial charge in [-0.1, -0.05) is 85.8 Å². The largest absolute Gasteiger partial charge is 0.466 e. The number of rotatable bonds is 12. The van der Waals surface area contributed by atoms with Crippen LogP contribution in [0, 0.1) is 29.6 Å². The third-order valence-corrected chi connectivity index (χ3v) is 14.0. The van der Waals surface area contributed by atoms with Crippen molar-refractivity contribution in [3.63, 3.8) is 0 Å². The summed E-state index contributed by atoms with van der Waals surface area (Å²) < 4.78 is 33.6. The van der Waals surface area contributed by atoms with E-state index in [2.05, 4.69) is 29.6 Å². The van der Waals surface area contributed by atoms with E-state index >= 15 is 4.57 Å². The lowest BCUT2D eigenvalue weighted by Crippen LogP contribution is -2.50. The summed E-state index contributed by atoms with van der Waals surface area (Å²) >= 11 is 0. The fourth-order valence-electron chi connectivity index (χ4n) is 9.14. The van der Waals surface area contributed by atoms with Crippen LogP contribution >= 0.6 is 7.37 Å². The van der Waals surface area contributed by atoms with Crippen molar-refractivity contribution >= 4 is 19.4 Å². The van der Waals surface area contributed by atoms with E-state index in [-0.39, 0.29) is 31.4 Å². The molecule has 3 atom stereocenters. The lowest BCUT2D eigenvalue weighted by atomic mass is 9.55. The summed E-state index contributed by atoms with van der Waals surface area (Å²) in [7, 11) is -3.68. The Hall–Kier alpha value is -3.41. The molecule has 0 saturated heterocycles. The Morgan fingerprint density at radius 3 is 1.98 bits per heavy atom. The Morgan fingerprint density at radius 2 is 1.38 bits per heavy atom. The average molecular weight is 656 g/mol. The quantitative estimate of drug-likeness (QED) is 0.156. The molecule has 0 aromatic heterocycles. The molecular weight excluding hydrogens is 609 g/mol. The molecule has 1 amide bonds. The summed E-state index contributed by atoms with van der Waals surface area (Å²) in [5, 5.41) is 3.03. The summed E-state index contributed by atoms with van der Waals surface area (Å²) in [6.45, 7) is 3.91. The van der Waals surface area contributed by atoms with Crippen molar-refractivity contribution in [2.24, 2.45) is 29.6 Å². The molecule has 0 radical (unpaired) electrons. The van der Waals surface area contributed by atoms with E-state index in [9.17, 15) is 9.59 Å². The molecule has 4 bridgehead atoms. The van der Waals surface area contributed by atoms with Gasteiger partial charge in [0.1, 0.15) is 12.4 Å². The second-order valence-corrected chi connectivity index (χ2v) is 16.9. The van der Waals surface area contributed by atoms with E-state index in [1.165, 1.54) is 6.42 Å². The summed E-state index contributed by atoms with van der Waals surface area (Å²) in [5.41, 5.74) is 5.48. The lowest BCUT2D eigenvalue weighted by Gasteiger charge is -2.54.